The number of nitrogens with zero attached hydrogens (tertiary/aromatic N) is 5. The Hall–Kier alpha value is -3.03. The molecule has 3 heterocycles. The number of rotatable bonds is 4. The van der Waals surface area contributed by atoms with Crippen LogP contribution in [-0.2, 0) is 4.79 Å². The van der Waals surface area contributed by atoms with Crippen LogP contribution in [0.2, 0.25) is 0 Å². The molecule has 1 saturated carbocycles. The predicted molar refractivity (Wildman–Crippen MR) is 92.9 cm³/mol. The van der Waals surface area contributed by atoms with E-state index in [4.69, 9.17) is 0 Å². The van der Waals surface area contributed by atoms with E-state index in [1.54, 1.807) is 30.3 Å². The van der Waals surface area contributed by atoms with Gasteiger partial charge < -0.3 is 10.2 Å². The van der Waals surface area contributed by atoms with Crippen molar-refractivity contribution in [1.82, 2.24) is 24.7 Å². The number of aromatic nitrogens is 4. The van der Waals surface area contributed by atoms with Crippen molar-refractivity contribution in [3.8, 4) is 11.4 Å². The summed E-state index contributed by atoms with van der Waals surface area (Å²) < 4.78 is 15.6. The fourth-order valence-electron chi connectivity index (χ4n) is 3.45. The molecule has 1 aliphatic carbocycles. The van der Waals surface area contributed by atoms with Crippen molar-refractivity contribution in [2.24, 2.45) is 0 Å². The zero-order chi connectivity index (χ0) is 17.7. The molecule has 3 aromatic rings. The van der Waals surface area contributed by atoms with Crippen molar-refractivity contribution in [2.45, 2.75) is 31.3 Å². The summed E-state index contributed by atoms with van der Waals surface area (Å²) in [6.45, 7) is 0.700. The van der Waals surface area contributed by atoms with Crippen LogP contribution < -0.4 is 5.32 Å². The van der Waals surface area contributed by atoms with Crippen molar-refractivity contribution >= 4 is 17.4 Å². The van der Waals surface area contributed by atoms with E-state index < -0.39 is 0 Å². The molecular formula is C18H17FN6O. The maximum Gasteiger partial charge on any atom is 0.225 e. The van der Waals surface area contributed by atoms with Gasteiger partial charge in [-0.1, -0.05) is 12.1 Å². The van der Waals surface area contributed by atoms with Gasteiger partial charge in [0.05, 0.1) is 11.6 Å². The van der Waals surface area contributed by atoms with Gasteiger partial charge >= 0.3 is 0 Å². The number of amides is 1. The van der Waals surface area contributed by atoms with Gasteiger partial charge in [-0.15, -0.1) is 15.3 Å². The lowest BCUT2D eigenvalue weighted by molar-refractivity contribution is -0.128. The molecule has 26 heavy (non-hydrogen) atoms. The standard InChI is InChI=1S/C18H17FN6O/c19-14-4-2-1-3-13(14)18-22-21-16-8-7-15(23-25(16)18)20-11-9-17(26)24(10-11)12-5-6-12/h1-4,7-8,11-12H,5-6,9-10H2,(H,20,23). The Morgan fingerprint density at radius 2 is 1.96 bits per heavy atom. The van der Waals surface area contributed by atoms with Crippen molar-refractivity contribution in [3.05, 3.63) is 42.2 Å². The molecule has 1 amide bonds. The fraction of sp³-hybridized carbons (Fsp3) is 0.333. The third-order valence-corrected chi connectivity index (χ3v) is 4.88. The maximum atomic E-state index is 14.1. The van der Waals surface area contributed by atoms with Crippen molar-refractivity contribution in [1.29, 1.82) is 0 Å². The normalized spacial score (nSPS) is 20.1. The van der Waals surface area contributed by atoms with E-state index in [1.165, 1.54) is 10.6 Å². The predicted octanol–water partition coefficient (Wildman–Crippen LogP) is 2.11. The van der Waals surface area contributed by atoms with Crippen LogP contribution in [0.4, 0.5) is 10.2 Å². The summed E-state index contributed by atoms with van der Waals surface area (Å²) in [5.74, 6) is 0.792. The van der Waals surface area contributed by atoms with Gasteiger partial charge in [0.25, 0.3) is 0 Å². The largest absolute Gasteiger partial charge is 0.364 e. The third kappa shape index (κ3) is 2.58. The Bertz CT molecular complexity index is 998. The molecule has 1 saturated heterocycles. The van der Waals surface area contributed by atoms with Gasteiger partial charge in [-0.3, -0.25) is 4.79 Å². The first-order chi connectivity index (χ1) is 12.7. The van der Waals surface area contributed by atoms with E-state index >= 15 is 0 Å². The molecule has 1 aliphatic heterocycles. The second-order valence-corrected chi connectivity index (χ2v) is 6.81. The topological polar surface area (TPSA) is 75.4 Å². The zero-order valence-electron chi connectivity index (χ0n) is 14.0. The SMILES string of the molecule is O=C1CC(Nc2ccc3nnc(-c4ccccc4F)n3n2)CN1C1CC1. The second kappa shape index (κ2) is 5.76. The summed E-state index contributed by atoms with van der Waals surface area (Å²) in [7, 11) is 0. The van der Waals surface area contributed by atoms with E-state index in [0.29, 0.717) is 41.9 Å². The number of carbonyl (C=O) groups is 1. The molecule has 1 unspecified atom stereocenters. The van der Waals surface area contributed by atoms with Gasteiger partial charge in [0.15, 0.2) is 11.5 Å². The van der Waals surface area contributed by atoms with Crippen molar-refractivity contribution in [2.75, 3.05) is 11.9 Å². The van der Waals surface area contributed by atoms with Crippen LogP contribution in [-0.4, -0.2) is 49.2 Å². The fourth-order valence-corrected chi connectivity index (χ4v) is 3.45. The van der Waals surface area contributed by atoms with Gasteiger partial charge in [-0.2, -0.15) is 4.52 Å². The highest BCUT2D eigenvalue weighted by molar-refractivity contribution is 5.80. The minimum atomic E-state index is -0.372. The van der Waals surface area contributed by atoms with Gasteiger partial charge in [0, 0.05) is 19.0 Å². The molecule has 132 valence electrons. The lowest BCUT2D eigenvalue weighted by atomic mass is 10.2. The van der Waals surface area contributed by atoms with Gasteiger partial charge in [0.1, 0.15) is 11.6 Å². The van der Waals surface area contributed by atoms with Crippen LogP contribution in [0.25, 0.3) is 17.0 Å². The first-order valence-electron chi connectivity index (χ1n) is 8.72. The van der Waals surface area contributed by atoms with Crippen LogP contribution in [0.15, 0.2) is 36.4 Å². The average Bonchev–Trinajstić information content (AvgIpc) is 3.30. The molecule has 2 fully saturated rings. The summed E-state index contributed by atoms with van der Waals surface area (Å²) >= 11 is 0. The number of likely N-dealkylation sites (tertiary alicyclic amines) is 1. The molecule has 7 nitrogen and oxygen atoms in total. The van der Waals surface area contributed by atoms with Gasteiger partial charge in [0.2, 0.25) is 5.91 Å². The molecular weight excluding hydrogens is 335 g/mol. The highest BCUT2D eigenvalue weighted by atomic mass is 19.1. The minimum Gasteiger partial charge on any atom is -0.364 e. The van der Waals surface area contributed by atoms with Crippen LogP contribution in [0.3, 0.4) is 0 Å². The number of nitrogens with one attached hydrogen (secondary N) is 1. The summed E-state index contributed by atoms with van der Waals surface area (Å²) in [5, 5.41) is 16.0. The Labute approximate surface area is 148 Å². The number of hydrogen-bond donors (Lipinski definition) is 1. The smallest absolute Gasteiger partial charge is 0.225 e. The second-order valence-electron chi connectivity index (χ2n) is 6.81. The number of carbonyl (C=O) groups excluding carboxylic acids is 1. The van der Waals surface area contributed by atoms with Crippen LogP contribution >= 0.6 is 0 Å². The summed E-state index contributed by atoms with van der Waals surface area (Å²) in [4.78, 5) is 14.1. The molecule has 2 aliphatic rings. The minimum absolute atomic E-state index is 0.0291. The molecule has 1 N–H and O–H groups in total. The van der Waals surface area contributed by atoms with Crippen LogP contribution in [0.1, 0.15) is 19.3 Å². The number of benzene rings is 1. The first kappa shape index (κ1) is 15.2. The number of anilines is 1. The van der Waals surface area contributed by atoms with Gasteiger partial charge in [-0.05, 0) is 37.1 Å². The van der Waals surface area contributed by atoms with Crippen molar-refractivity contribution in [3.63, 3.8) is 0 Å². The maximum absolute atomic E-state index is 14.1. The highest BCUT2D eigenvalue weighted by Gasteiger charge is 2.39. The molecule has 0 spiro atoms. The highest BCUT2D eigenvalue weighted by Crippen LogP contribution is 2.31. The quantitative estimate of drug-likeness (QED) is 0.778. The zero-order valence-corrected chi connectivity index (χ0v) is 14.0. The molecule has 5 rings (SSSR count). The monoisotopic (exact) mass is 352 g/mol. The Morgan fingerprint density at radius 3 is 2.77 bits per heavy atom. The lowest BCUT2D eigenvalue weighted by Gasteiger charge is -2.16. The molecule has 2 aromatic heterocycles. The molecule has 1 atom stereocenters. The van der Waals surface area contributed by atoms with Gasteiger partial charge in [-0.25, -0.2) is 4.39 Å². The van der Waals surface area contributed by atoms with E-state index in [9.17, 15) is 9.18 Å². The van der Waals surface area contributed by atoms with E-state index in [2.05, 4.69) is 20.6 Å². The molecule has 8 heteroatoms. The summed E-state index contributed by atoms with van der Waals surface area (Å²) in [6, 6.07) is 10.5. The molecule has 1 aromatic carbocycles. The van der Waals surface area contributed by atoms with Crippen molar-refractivity contribution < 1.29 is 9.18 Å². The number of halogens is 1. The van der Waals surface area contributed by atoms with E-state index in [1.807, 2.05) is 4.90 Å². The molecule has 0 radical (unpaired) electrons. The Kier molecular flexibility index (Phi) is 3.37. The summed E-state index contributed by atoms with van der Waals surface area (Å²) in [5.41, 5.74) is 0.886. The Morgan fingerprint density at radius 1 is 1.12 bits per heavy atom. The lowest BCUT2D eigenvalue weighted by Crippen LogP contribution is -2.30. The van der Waals surface area contributed by atoms with E-state index in [0.717, 1.165) is 12.8 Å². The van der Waals surface area contributed by atoms with Crippen LogP contribution in [0.5, 0.6) is 0 Å². The Balaban J connectivity index is 1.44. The number of fused-ring (bicyclic) bond motifs is 1. The van der Waals surface area contributed by atoms with Crippen LogP contribution in [0, 0.1) is 5.82 Å². The number of hydrogen-bond acceptors (Lipinski definition) is 5. The average molecular weight is 352 g/mol. The third-order valence-electron chi connectivity index (χ3n) is 4.88. The molecule has 0 bridgehead atoms. The van der Waals surface area contributed by atoms with E-state index in [-0.39, 0.29) is 17.8 Å². The first-order valence-corrected chi connectivity index (χ1v) is 8.72. The summed E-state index contributed by atoms with van der Waals surface area (Å²) in [6.07, 6.45) is 2.68.